The first-order valence-electron chi connectivity index (χ1n) is 12.3. The number of anilines is 2. The van der Waals surface area contributed by atoms with Crippen molar-refractivity contribution in [3.05, 3.63) is 94.0 Å². The number of carbonyl (C=O) groups is 2. The smallest absolute Gasteiger partial charge is 0.257 e. The number of aromatic amines is 1. The first-order chi connectivity index (χ1) is 19.8. The number of halogens is 2. The van der Waals surface area contributed by atoms with Crippen LogP contribution in [0.4, 0.5) is 11.4 Å². The third kappa shape index (κ3) is 5.91. The van der Waals surface area contributed by atoms with E-state index < -0.39 is 0 Å². The van der Waals surface area contributed by atoms with E-state index in [0.717, 1.165) is 16.6 Å². The number of carbonyl (C=O) groups excluding carboxylic acids is 2. The summed E-state index contributed by atoms with van der Waals surface area (Å²) in [7, 11) is 4.48. The summed E-state index contributed by atoms with van der Waals surface area (Å²) in [6.07, 6.45) is 0. The Morgan fingerprint density at radius 1 is 0.756 bits per heavy atom. The zero-order chi connectivity index (χ0) is 29.1. The molecular formula is C30H24Cl2N4O5. The van der Waals surface area contributed by atoms with Crippen molar-refractivity contribution in [1.29, 1.82) is 0 Å². The van der Waals surface area contributed by atoms with E-state index in [9.17, 15) is 9.59 Å². The number of hydrogen-bond acceptors (Lipinski definition) is 6. The number of rotatable bonds is 8. The van der Waals surface area contributed by atoms with Crippen LogP contribution >= 0.6 is 23.2 Å². The molecule has 1 aromatic heterocycles. The number of amides is 2. The third-order valence-electron chi connectivity index (χ3n) is 6.26. The van der Waals surface area contributed by atoms with E-state index in [0.29, 0.717) is 50.6 Å². The second-order valence-electron chi connectivity index (χ2n) is 8.84. The third-order valence-corrected chi connectivity index (χ3v) is 6.81. The number of fused-ring (bicyclic) bond motifs is 1. The van der Waals surface area contributed by atoms with Gasteiger partial charge in [0.1, 0.15) is 5.82 Å². The fourth-order valence-corrected chi connectivity index (χ4v) is 4.72. The van der Waals surface area contributed by atoms with Crippen LogP contribution in [0.25, 0.3) is 22.4 Å². The van der Waals surface area contributed by atoms with Gasteiger partial charge in [-0.2, -0.15) is 0 Å². The highest BCUT2D eigenvalue weighted by atomic mass is 35.5. The van der Waals surface area contributed by atoms with Crippen molar-refractivity contribution in [2.75, 3.05) is 32.0 Å². The summed E-state index contributed by atoms with van der Waals surface area (Å²) in [6.45, 7) is 0. The van der Waals surface area contributed by atoms with Crippen LogP contribution < -0.4 is 24.8 Å². The second-order valence-corrected chi connectivity index (χ2v) is 9.68. The van der Waals surface area contributed by atoms with Gasteiger partial charge in [0, 0.05) is 27.5 Å². The van der Waals surface area contributed by atoms with Gasteiger partial charge in [0.2, 0.25) is 5.75 Å². The van der Waals surface area contributed by atoms with E-state index in [4.69, 9.17) is 37.4 Å². The van der Waals surface area contributed by atoms with Gasteiger partial charge in [0.15, 0.2) is 11.5 Å². The Morgan fingerprint density at radius 3 is 2.05 bits per heavy atom. The second kappa shape index (κ2) is 11.8. The topological polar surface area (TPSA) is 115 Å². The Kier molecular flexibility index (Phi) is 8.00. The van der Waals surface area contributed by atoms with E-state index in [1.165, 1.54) is 27.4 Å². The maximum absolute atomic E-state index is 13.0. The lowest BCUT2D eigenvalue weighted by atomic mass is 10.1. The molecule has 5 aromatic rings. The first-order valence-corrected chi connectivity index (χ1v) is 13.0. The molecule has 2 amide bonds. The summed E-state index contributed by atoms with van der Waals surface area (Å²) >= 11 is 12.1. The van der Waals surface area contributed by atoms with E-state index in [1.807, 2.05) is 18.2 Å². The largest absolute Gasteiger partial charge is 0.493 e. The van der Waals surface area contributed by atoms with Gasteiger partial charge in [-0.3, -0.25) is 9.59 Å². The molecule has 0 unspecified atom stereocenters. The van der Waals surface area contributed by atoms with Crippen LogP contribution in [0.15, 0.2) is 72.8 Å². The predicted octanol–water partition coefficient (Wildman–Crippen LogP) is 7.07. The van der Waals surface area contributed by atoms with E-state index in [-0.39, 0.29) is 16.8 Å². The Labute approximate surface area is 245 Å². The van der Waals surface area contributed by atoms with Crippen molar-refractivity contribution in [3.8, 4) is 28.6 Å². The SMILES string of the molecule is COc1cc(C(=O)Nc2ccc3nc(-c4ccc(NC(=O)c5ccc(Cl)cc5Cl)cc4)[nH]c3c2)cc(OC)c1OC. The van der Waals surface area contributed by atoms with Crippen LogP contribution in [-0.2, 0) is 0 Å². The molecule has 0 saturated heterocycles. The highest BCUT2D eigenvalue weighted by Gasteiger charge is 2.18. The molecule has 0 aliphatic carbocycles. The number of aromatic nitrogens is 2. The number of methoxy groups -OCH3 is 3. The minimum atomic E-state index is -0.346. The molecule has 0 atom stereocenters. The van der Waals surface area contributed by atoms with Crippen LogP contribution in [-0.4, -0.2) is 43.1 Å². The van der Waals surface area contributed by atoms with Gasteiger partial charge in [-0.05, 0) is 72.8 Å². The number of ether oxygens (including phenoxy) is 3. The normalized spacial score (nSPS) is 10.8. The van der Waals surface area contributed by atoms with Crippen LogP contribution in [0, 0.1) is 0 Å². The molecule has 0 saturated carbocycles. The number of nitrogens with one attached hydrogen (secondary N) is 3. The van der Waals surface area contributed by atoms with Crippen LogP contribution in [0.5, 0.6) is 17.2 Å². The maximum Gasteiger partial charge on any atom is 0.257 e. The lowest BCUT2D eigenvalue weighted by Crippen LogP contribution is -2.12. The number of hydrogen-bond donors (Lipinski definition) is 3. The van der Waals surface area contributed by atoms with Crippen molar-refractivity contribution >= 4 is 57.4 Å². The van der Waals surface area contributed by atoms with Crippen LogP contribution in [0.1, 0.15) is 20.7 Å². The summed E-state index contributed by atoms with van der Waals surface area (Å²) in [5.41, 5.74) is 4.11. The predicted molar refractivity (Wildman–Crippen MR) is 160 cm³/mol. The standard InChI is InChI=1S/C30H24Cl2N4O5/c1-39-25-12-17(13-26(40-2)27(25)41-3)29(37)34-20-9-11-23-24(15-20)36-28(35-23)16-4-7-19(8-5-16)33-30(38)21-10-6-18(31)14-22(21)32/h4-15H,1-3H3,(H,33,38)(H,34,37)(H,35,36). The van der Waals surface area contributed by atoms with Gasteiger partial charge >= 0.3 is 0 Å². The van der Waals surface area contributed by atoms with Gasteiger partial charge in [0.25, 0.3) is 11.8 Å². The molecule has 41 heavy (non-hydrogen) atoms. The van der Waals surface area contributed by atoms with Crippen molar-refractivity contribution in [1.82, 2.24) is 9.97 Å². The number of imidazole rings is 1. The van der Waals surface area contributed by atoms with Gasteiger partial charge in [0.05, 0.1) is 42.9 Å². The van der Waals surface area contributed by atoms with Crippen LogP contribution in [0.2, 0.25) is 10.0 Å². The molecule has 11 heteroatoms. The molecule has 0 bridgehead atoms. The van der Waals surface area contributed by atoms with Crippen molar-refractivity contribution < 1.29 is 23.8 Å². The van der Waals surface area contributed by atoms with Gasteiger partial charge in [-0.25, -0.2) is 4.98 Å². The summed E-state index contributed by atoms with van der Waals surface area (Å²) in [5, 5.41) is 6.44. The molecular weight excluding hydrogens is 567 g/mol. The van der Waals surface area contributed by atoms with Gasteiger partial charge in [-0.1, -0.05) is 23.2 Å². The zero-order valence-electron chi connectivity index (χ0n) is 22.2. The van der Waals surface area contributed by atoms with E-state index >= 15 is 0 Å². The molecule has 0 fully saturated rings. The molecule has 0 aliphatic rings. The van der Waals surface area contributed by atoms with E-state index in [1.54, 1.807) is 48.5 Å². The Hall–Kier alpha value is -4.73. The van der Waals surface area contributed by atoms with Crippen molar-refractivity contribution in [2.45, 2.75) is 0 Å². The minimum Gasteiger partial charge on any atom is -0.493 e. The molecule has 4 aromatic carbocycles. The van der Waals surface area contributed by atoms with Crippen molar-refractivity contribution in [2.24, 2.45) is 0 Å². The Bertz CT molecular complexity index is 1740. The highest BCUT2D eigenvalue weighted by Crippen LogP contribution is 2.38. The molecule has 3 N–H and O–H groups in total. The lowest BCUT2D eigenvalue weighted by molar-refractivity contribution is 0.101. The Balaban J connectivity index is 1.31. The number of H-pyrrole nitrogens is 1. The maximum atomic E-state index is 13.0. The molecule has 1 heterocycles. The zero-order valence-corrected chi connectivity index (χ0v) is 23.7. The van der Waals surface area contributed by atoms with Gasteiger partial charge < -0.3 is 29.8 Å². The average molecular weight is 591 g/mol. The molecule has 5 rings (SSSR count). The molecule has 208 valence electrons. The van der Waals surface area contributed by atoms with Crippen LogP contribution in [0.3, 0.4) is 0 Å². The number of benzene rings is 4. The first kappa shape index (κ1) is 27.8. The molecule has 0 aliphatic heterocycles. The highest BCUT2D eigenvalue weighted by molar-refractivity contribution is 6.37. The van der Waals surface area contributed by atoms with Gasteiger partial charge in [-0.15, -0.1) is 0 Å². The van der Waals surface area contributed by atoms with E-state index in [2.05, 4.69) is 20.6 Å². The fraction of sp³-hybridized carbons (Fsp3) is 0.100. The summed E-state index contributed by atoms with van der Waals surface area (Å²) in [5.74, 6) is 1.10. The summed E-state index contributed by atoms with van der Waals surface area (Å²) < 4.78 is 16.0. The van der Waals surface area contributed by atoms with Crippen molar-refractivity contribution in [3.63, 3.8) is 0 Å². The monoisotopic (exact) mass is 590 g/mol. The minimum absolute atomic E-state index is 0.271. The summed E-state index contributed by atoms with van der Waals surface area (Å²) in [4.78, 5) is 33.5. The Morgan fingerprint density at radius 2 is 1.41 bits per heavy atom. The molecule has 0 spiro atoms. The average Bonchev–Trinajstić information content (AvgIpc) is 3.40. The summed E-state index contributed by atoms with van der Waals surface area (Å²) in [6, 6.07) is 20.5. The molecule has 0 radical (unpaired) electrons. The number of nitrogens with zero attached hydrogens (tertiary/aromatic N) is 1. The lowest BCUT2D eigenvalue weighted by Gasteiger charge is -2.14. The molecule has 9 nitrogen and oxygen atoms in total. The quantitative estimate of drug-likeness (QED) is 0.178. The fourth-order valence-electron chi connectivity index (χ4n) is 4.22.